The van der Waals surface area contributed by atoms with Gasteiger partial charge in [0.05, 0.1) is 6.10 Å². The predicted octanol–water partition coefficient (Wildman–Crippen LogP) is 0.886. The number of amides is 2. The molecule has 0 spiro atoms. The number of amidine groups is 1. The molecule has 2 amide bonds. The summed E-state index contributed by atoms with van der Waals surface area (Å²) in [5.41, 5.74) is 6.35. The van der Waals surface area contributed by atoms with Crippen molar-refractivity contribution < 1.29 is 24.3 Å². The lowest BCUT2D eigenvalue weighted by atomic mass is 10.1. The number of hydrogen-bond donors (Lipinski definition) is 3. The van der Waals surface area contributed by atoms with Gasteiger partial charge in [0.1, 0.15) is 12.6 Å². The molecular weight excluding hydrogens is 376 g/mol. The van der Waals surface area contributed by atoms with Crippen molar-refractivity contribution in [3.8, 4) is 0 Å². The zero-order valence-electron chi connectivity index (χ0n) is 16.8. The van der Waals surface area contributed by atoms with Crippen LogP contribution in [0.1, 0.15) is 49.0 Å². The number of benzene rings is 1. The van der Waals surface area contributed by atoms with Crippen LogP contribution in [0.2, 0.25) is 0 Å². The Labute approximate surface area is 169 Å². The van der Waals surface area contributed by atoms with Gasteiger partial charge in [0.2, 0.25) is 5.91 Å². The number of piperidine rings is 1. The van der Waals surface area contributed by atoms with Gasteiger partial charge < -0.3 is 25.9 Å². The van der Waals surface area contributed by atoms with Gasteiger partial charge in [-0.3, -0.25) is 14.4 Å². The third-order valence-corrected chi connectivity index (χ3v) is 4.90. The van der Waals surface area contributed by atoms with Crippen molar-refractivity contribution >= 4 is 23.4 Å². The van der Waals surface area contributed by atoms with E-state index in [-0.39, 0.29) is 36.1 Å². The summed E-state index contributed by atoms with van der Waals surface area (Å²) in [5.74, 6) is -0.519. The summed E-state index contributed by atoms with van der Waals surface area (Å²) in [7, 11) is 0. The Kier molecular flexibility index (Phi) is 8.14. The molecule has 1 aromatic carbocycles. The number of nitrogens with two attached hydrogens (primary N) is 1. The summed E-state index contributed by atoms with van der Waals surface area (Å²) in [4.78, 5) is 38.1. The molecule has 1 heterocycles. The Morgan fingerprint density at radius 1 is 1.24 bits per heavy atom. The van der Waals surface area contributed by atoms with E-state index in [2.05, 4.69) is 10.5 Å². The number of oxime groups is 1. The first kappa shape index (κ1) is 22.4. The average Bonchev–Trinajstić information content (AvgIpc) is 2.76. The number of nitrogens with zero attached hydrogens (tertiary/aromatic N) is 2. The number of likely N-dealkylation sites (tertiary alicyclic amines) is 1. The third kappa shape index (κ3) is 6.28. The topological polar surface area (TPSA) is 134 Å². The maximum Gasteiger partial charge on any atom is 0.251 e. The number of hydrogen-bond acceptors (Lipinski definition) is 6. The van der Waals surface area contributed by atoms with Crippen LogP contribution < -0.4 is 11.1 Å². The van der Waals surface area contributed by atoms with Crippen molar-refractivity contribution in [1.29, 1.82) is 0 Å². The van der Waals surface area contributed by atoms with E-state index in [0.29, 0.717) is 43.5 Å². The number of Topliss-reactive ketones (excluding diaryl/α,β-unsaturated/α-hetero) is 1. The number of ketones is 1. The molecule has 1 aliphatic heterocycles. The van der Waals surface area contributed by atoms with Crippen LogP contribution in [0.15, 0.2) is 29.4 Å². The van der Waals surface area contributed by atoms with Gasteiger partial charge >= 0.3 is 0 Å². The highest BCUT2D eigenvalue weighted by Crippen LogP contribution is 2.15. The SMILES string of the molecule is CCC(=O)COC1CCN(C(=O)[C@H](C)NC(=O)c2ccc(/C(N)=N/O)cc2)CC1. The molecule has 1 atom stereocenters. The summed E-state index contributed by atoms with van der Waals surface area (Å²) in [6.45, 7) is 4.62. The van der Waals surface area contributed by atoms with Crippen molar-refractivity contribution in [3.05, 3.63) is 35.4 Å². The first-order valence-electron chi connectivity index (χ1n) is 9.66. The van der Waals surface area contributed by atoms with Gasteiger partial charge in [-0.1, -0.05) is 24.2 Å². The Balaban J connectivity index is 1.83. The highest BCUT2D eigenvalue weighted by Gasteiger charge is 2.27. The smallest absolute Gasteiger partial charge is 0.251 e. The zero-order valence-corrected chi connectivity index (χ0v) is 16.8. The quantitative estimate of drug-likeness (QED) is 0.255. The van der Waals surface area contributed by atoms with Crippen LogP contribution in [-0.4, -0.2) is 65.4 Å². The highest BCUT2D eigenvalue weighted by atomic mass is 16.5. The number of rotatable bonds is 8. The second-order valence-electron chi connectivity index (χ2n) is 6.99. The summed E-state index contributed by atoms with van der Waals surface area (Å²) in [6.07, 6.45) is 1.77. The van der Waals surface area contributed by atoms with E-state index in [1.54, 1.807) is 43.0 Å². The van der Waals surface area contributed by atoms with Crippen LogP contribution in [0.4, 0.5) is 0 Å². The number of carbonyl (C=O) groups is 3. The molecular formula is C20H28N4O5. The molecule has 1 saturated heterocycles. The molecule has 0 aliphatic carbocycles. The highest BCUT2D eigenvalue weighted by molar-refractivity contribution is 6.00. The molecule has 0 radical (unpaired) electrons. The van der Waals surface area contributed by atoms with Gasteiger partial charge in [0.15, 0.2) is 11.6 Å². The first-order chi connectivity index (χ1) is 13.8. The molecule has 4 N–H and O–H groups in total. The molecule has 158 valence electrons. The number of carbonyl (C=O) groups excluding carboxylic acids is 3. The first-order valence-corrected chi connectivity index (χ1v) is 9.66. The van der Waals surface area contributed by atoms with E-state index in [1.165, 1.54) is 0 Å². The summed E-state index contributed by atoms with van der Waals surface area (Å²) >= 11 is 0. The van der Waals surface area contributed by atoms with Crippen molar-refractivity contribution in [2.24, 2.45) is 10.9 Å². The fourth-order valence-corrected chi connectivity index (χ4v) is 3.02. The minimum Gasteiger partial charge on any atom is -0.409 e. The van der Waals surface area contributed by atoms with Crippen LogP contribution in [0.5, 0.6) is 0 Å². The van der Waals surface area contributed by atoms with Crippen molar-refractivity contribution in [2.45, 2.75) is 45.3 Å². The van der Waals surface area contributed by atoms with Crippen molar-refractivity contribution in [2.75, 3.05) is 19.7 Å². The monoisotopic (exact) mass is 404 g/mol. The van der Waals surface area contributed by atoms with E-state index < -0.39 is 6.04 Å². The minimum absolute atomic E-state index is 0.0205. The Hall–Kier alpha value is -2.94. The molecule has 9 heteroatoms. The maximum absolute atomic E-state index is 12.6. The standard InChI is InChI=1S/C20H28N4O5/c1-3-16(25)12-29-17-8-10-24(11-9-17)20(27)13(2)22-19(26)15-6-4-14(5-7-15)18(21)23-28/h4-7,13,17,28H,3,8-12H2,1-2H3,(H2,21,23)(H,22,26)/t13-/m0/s1. The average molecular weight is 404 g/mol. The second kappa shape index (κ2) is 10.6. The summed E-state index contributed by atoms with van der Waals surface area (Å²) in [6, 6.07) is 5.53. The van der Waals surface area contributed by atoms with Gasteiger partial charge in [0, 0.05) is 30.6 Å². The molecule has 29 heavy (non-hydrogen) atoms. The van der Waals surface area contributed by atoms with E-state index in [0.717, 1.165) is 0 Å². The molecule has 1 aliphatic rings. The van der Waals surface area contributed by atoms with Gasteiger partial charge in [-0.15, -0.1) is 0 Å². The summed E-state index contributed by atoms with van der Waals surface area (Å²) in [5, 5.41) is 14.3. The molecule has 9 nitrogen and oxygen atoms in total. The molecule has 0 unspecified atom stereocenters. The molecule has 0 aromatic heterocycles. The van der Waals surface area contributed by atoms with E-state index in [1.807, 2.05) is 0 Å². The van der Waals surface area contributed by atoms with Gasteiger partial charge in [-0.2, -0.15) is 0 Å². The summed E-state index contributed by atoms with van der Waals surface area (Å²) < 4.78 is 5.59. The van der Waals surface area contributed by atoms with Crippen LogP contribution in [0.3, 0.4) is 0 Å². The van der Waals surface area contributed by atoms with E-state index in [9.17, 15) is 14.4 Å². The Morgan fingerprint density at radius 2 is 1.83 bits per heavy atom. The van der Waals surface area contributed by atoms with Crippen molar-refractivity contribution in [3.63, 3.8) is 0 Å². The lowest BCUT2D eigenvalue weighted by Crippen LogP contribution is -2.50. The largest absolute Gasteiger partial charge is 0.409 e. The lowest BCUT2D eigenvalue weighted by molar-refractivity contribution is -0.137. The molecule has 1 fully saturated rings. The third-order valence-electron chi connectivity index (χ3n) is 4.90. The second-order valence-corrected chi connectivity index (χ2v) is 6.99. The maximum atomic E-state index is 12.6. The van der Waals surface area contributed by atoms with Crippen molar-refractivity contribution in [1.82, 2.24) is 10.2 Å². The van der Waals surface area contributed by atoms with Crippen LogP contribution in [0, 0.1) is 0 Å². The number of nitrogens with one attached hydrogen (secondary N) is 1. The normalized spacial score (nSPS) is 16.3. The minimum atomic E-state index is -0.676. The molecule has 1 aromatic rings. The van der Waals surface area contributed by atoms with Gasteiger partial charge in [0.25, 0.3) is 5.91 Å². The van der Waals surface area contributed by atoms with E-state index in [4.69, 9.17) is 15.7 Å². The van der Waals surface area contributed by atoms with Gasteiger partial charge in [-0.05, 0) is 31.9 Å². The lowest BCUT2D eigenvalue weighted by Gasteiger charge is -2.33. The fourth-order valence-electron chi connectivity index (χ4n) is 3.02. The van der Waals surface area contributed by atoms with Crippen LogP contribution in [0.25, 0.3) is 0 Å². The predicted molar refractivity (Wildman–Crippen MR) is 107 cm³/mol. The molecule has 2 rings (SSSR count). The molecule has 0 bridgehead atoms. The van der Waals surface area contributed by atoms with Crippen LogP contribution in [-0.2, 0) is 14.3 Å². The van der Waals surface area contributed by atoms with Crippen LogP contribution >= 0.6 is 0 Å². The molecule has 0 saturated carbocycles. The Morgan fingerprint density at radius 3 is 2.38 bits per heavy atom. The van der Waals surface area contributed by atoms with E-state index >= 15 is 0 Å². The zero-order chi connectivity index (χ0) is 21.4. The number of ether oxygens (including phenoxy) is 1. The van der Waals surface area contributed by atoms with Gasteiger partial charge in [-0.25, -0.2) is 0 Å². The Bertz CT molecular complexity index is 755. The fraction of sp³-hybridized carbons (Fsp3) is 0.500.